The van der Waals surface area contributed by atoms with Crippen molar-refractivity contribution in [3.05, 3.63) is 70.7 Å². The van der Waals surface area contributed by atoms with Gasteiger partial charge in [-0.15, -0.1) is 5.92 Å². The third-order valence-electron chi connectivity index (χ3n) is 3.24. The van der Waals surface area contributed by atoms with Crippen molar-refractivity contribution >= 4 is 11.6 Å². The third kappa shape index (κ3) is 5.33. The second kappa shape index (κ2) is 8.99. The summed E-state index contributed by atoms with van der Waals surface area (Å²) in [5, 5.41) is 0.734. The standard InChI is InChI=1S/C21H19Cl/c1-2-3-4-8-11-19(20-14-16-21(22)17-15-20)13-12-18-9-6-5-7-10-18/h5-7,9-10,14-17,19H,2-4H2,1H3. The van der Waals surface area contributed by atoms with Crippen LogP contribution in [-0.4, -0.2) is 0 Å². The zero-order valence-electron chi connectivity index (χ0n) is 12.8. The topological polar surface area (TPSA) is 0 Å². The molecule has 0 heterocycles. The number of benzene rings is 2. The van der Waals surface area contributed by atoms with Crippen LogP contribution in [0.5, 0.6) is 0 Å². The van der Waals surface area contributed by atoms with E-state index in [1.54, 1.807) is 0 Å². The fraction of sp³-hybridized carbons (Fsp3) is 0.238. The first-order valence-electron chi connectivity index (χ1n) is 7.60. The Morgan fingerprint density at radius 2 is 1.68 bits per heavy atom. The van der Waals surface area contributed by atoms with Gasteiger partial charge in [0.2, 0.25) is 0 Å². The van der Waals surface area contributed by atoms with E-state index in [1.807, 2.05) is 54.6 Å². The van der Waals surface area contributed by atoms with E-state index in [9.17, 15) is 0 Å². The molecule has 2 aromatic carbocycles. The summed E-state index contributed by atoms with van der Waals surface area (Å²) < 4.78 is 0. The molecule has 0 aliphatic carbocycles. The van der Waals surface area contributed by atoms with Crippen LogP contribution in [0.2, 0.25) is 5.02 Å². The SMILES string of the molecule is CCCCC#CC(C#Cc1ccccc1)c1ccc(Cl)cc1. The van der Waals surface area contributed by atoms with Crippen LogP contribution in [0.25, 0.3) is 0 Å². The maximum atomic E-state index is 5.96. The van der Waals surface area contributed by atoms with Gasteiger partial charge in [-0.2, -0.15) is 0 Å². The predicted molar refractivity (Wildman–Crippen MR) is 94.8 cm³/mol. The third-order valence-corrected chi connectivity index (χ3v) is 3.49. The van der Waals surface area contributed by atoms with Crippen molar-refractivity contribution < 1.29 is 0 Å². The minimum atomic E-state index is -0.0747. The second-order valence-corrected chi connectivity index (χ2v) is 5.48. The van der Waals surface area contributed by atoms with Crippen LogP contribution >= 0.6 is 11.6 Å². The van der Waals surface area contributed by atoms with Crippen molar-refractivity contribution in [3.8, 4) is 23.7 Å². The quantitative estimate of drug-likeness (QED) is 0.506. The van der Waals surface area contributed by atoms with Gasteiger partial charge in [-0.05, 0) is 36.2 Å². The molecule has 0 amide bonds. The number of hydrogen-bond donors (Lipinski definition) is 0. The van der Waals surface area contributed by atoms with Gasteiger partial charge in [0.1, 0.15) is 5.92 Å². The van der Waals surface area contributed by atoms with E-state index in [4.69, 9.17) is 11.6 Å². The van der Waals surface area contributed by atoms with Crippen molar-refractivity contribution in [2.75, 3.05) is 0 Å². The lowest BCUT2D eigenvalue weighted by Gasteiger charge is -2.04. The molecule has 0 nitrogen and oxygen atoms in total. The Kier molecular flexibility index (Phi) is 6.63. The van der Waals surface area contributed by atoms with E-state index in [0.717, 1.165) is 35.4 Å². The molecule has 0 saturated carbocycles. The monoisotopic (exact) mass is 306 g/mol. The minimum Gasteiger partial charge on any atom is -0.102 e. The van der Waals surface area contributed by atoms with Crippen LogP contribution in [0.1, 0.15) is 43.2 Å². The van der Waals surface area contributed by atoms with Crippen LogP contribution in [0.15, 0.2) is 54.6 Å². The van der Waals surface area contributed by atoms with Crippen molar-refractivity contribution in [2.24, 2.45) is 0 Å². The van der Waals surface area contributed by atoms with Gasteiger partial charge in [0.15, 0.2) is 0 Å². The van der Waals surface area contributed by atoms with Gasteiger partial charge in [-0.3, -0.25) is 0 Å². The molecule has 0 fully saturated rings. The summed E-state index contributed by atoms with van der Waals surface area (Å²) in [5.41, 5.74) is 2.11. The Morgan fingerprint density at radius 3 is 2.36 bits per heavy atom. The molecule has 2 aromatic rings. The Morgan fingerprint density at radius 1 is 0.955 bits per heavy atom. The average Bonchev–Trinajstić information content (AvgIpc) is 2.56. The lowest BCUT2D eigenvalue weighted by Crippen LogP contribution is -1.92. The highest BCUT2D eigenvalue weighted by atomic mass is 35.5. The largest absolute Gasteiger partial charge is 0.106 e. The lowest BCUT2D eigenvalue weighted by atomic mass is 9.99. The van der Waals surface area contributed by atoms with Crippen LogP contribution in [0, 0.1) is 23.7 Å². The molecule has 0 N–H and O–H groups in total. The fourth-order valence-electron chi connectivity index (χ4n) is 1.97. The first-order valence-corrected chi connectivity index (χ1v) is 7.98. The second-order valence-electron chi connectivity index (χ2n) is 5.04. The van der Waals surface area contributed by atoms with E-state index >= 15 is 0 Å². The van der Waals surface area contributed by atoms with E-state index < -0.39 is 0 Å². The fourth-order valence-corrected chi connectivity index (χ4v) is 2.10. The highest BCUT2D eigenvalue weighted by Gasteiger charge is 2.04. The number of rotatable bonds is 3. The molecule has 22 heavy (non-hydrogen) atoms. The minimum absolute atomic E-state index is 0.0747. The van der Waals surface area contributed by atoms with Gasteiger partial charge in [-0.1, -0.05) is 73.0 Å². The van der Waals surface area contributed by atoms with Crippen LogP contribution in [0.4, 0.5) is 0 Å². The summed E-state index contributed by atoms with van der Waals surface area (Å²) in [7, 11) is 0. The van der Waals surface area contributed by atoms with Crippen molar-refractivity contribution in [1.82, 2.24) is 0 Å². The molecular weight excluding hydrogens is 288 g/mol. The van der Waals surface area contributed by atoms with Gasteiger partial charge in [0.05, 0.1) is 0 Å². The highest BCUT2D eigenvalue weighted by molar-refractivity contribution is 6.30. The summed E-state index contributed by atoms with van der Waals surface area (Å²) in [6, 6.07) is 17.8. The molecule has 0 aliphatic rings. The summed E-state index contributed by atoms with van der Waals surface area (Å²) in [6.07, 6.45) is 3.22. The zero-order chi connectivity index (χ0) is 15.6. The molecule has 0 radical (unpaired) electrons. The maximum absolute atomic E-state index is 5.96. The maximum Gasteiger partial charge on any atom is 0.106 e. The zero-order valence-corrected chi connectivity index (χ0v) is 13.5. The summed E-state index contributed by atoms with van der Waals surface area (Å²) in [4.78, 5) is 0. The molecule has 1 heteroatoms. The molecule has 0 spiro atoms. The Bertz CT molecular complexity index is 691. The van der Waals surface area contributed by atoms with E-state index in [-0.39, 0.29) is 5.92 Å². The first kappa shape index (κ1) is 16.2. The molecular formula is C21H19Cl. The number of unbranched alkanes of at least 4 members (excludes halogenated alkanes) is 2. The van der Waals surface area contributed by atoms with Crippen molar-refractivity contribution in [2.45, 2.75) is 32.1 Å². The average molecular weight is 307 g/mol. The summed E-state index contributed by atoms with van der Waals surface area (Å²) in [6.45, 7) is 2.17. The van der Waals surface area contributed by atoms with Gasteiger partial charge in [0.25, 0.3) is 0 Å². The highest BCUT2D eigenvalue weighted by Crippen LogP contribution is 2.18. The molecule has 0 bridgehead atoms. The van der Waals surface area contributed by atoms with Gasteiger partial charge >= 0.3 is 0 Å². The van der Waals surface area contributed by atoms with Gasteiger partial charge in [-0.25, -0.2) is 0 Å². The predicted octanol–water partition coefficient (Wildman–Crippen LogP) is 5.67. The van der Waals surface area contributed by atoms with Gasteiger partial charge < -0.3 is 0 Å². The molecule has 1 unspecified atom stereocenters. The first-order chi connectivity index (χ1) is 10.8. The number of hydrogen-bond acceptors (Lipinski definition) is 0. The van der Waals surface area contributed by atoms with Crippen LogP contribution < -0.4 is 0 Å². The Balaban J connectivity index is 2.23. The normalized spacial score (nSPS) is 10.8. The van der Waals surface area contributed by atoms with Crippen molar-refractivity contribution in [3.63, 3.8) is 0 Å². The molecule has 0 saturated heterocycles. The van der Waals surface area contributed by atoms with E-state index in [1.165, 1.54) is 0 Å². The van der Waals surface area contributed by atoms with Crippen LogP contribution in [0.3, 0.4) is 0 Å². The molecule has 1 atom stereocenters. The summed E-state index contributed by atoms with van der Waals surface area (Å²) >= 11 is 5.96. The van der Waals surface area contributed by atoms with Crippen molar-refractivity contribution in [1.29, 1.82) is 0 Å². The Labute approximate surface area is 138 Å². The molecule has 2 rings (SSSR count). The molecule has 0 aliphatic heterocycles. The molecule has 0 aromatic heterocycles. The van der Waals surface area contributed by atoms with E-state index in [2.05, 4.69) is 30.6 Å². The summed E-state index contributed by atoms with van der Waals surface area (Å²) in [5.74, 6) is 13.0. The lowest BCUT2D eigenvalue weighted by molar-refractivity contribution is 0.827. The van der Waals surface area contributed by atoms with E-state index in [0.29, 0.717) is 0 Å². The van der Waals surface area contributed by atoms with Gasteiger partial charge in [0, 0.05) is 17.0 Å². The van der Waals surface area contributed by atoms with Crippen LogP contribution in [-0.2, 0) is 0 Å². The Hall–Kier alpha value is -2.15. The molecule has 110 valence electrons. The smallest absolute Gasteiger partial charge is 0.102 e. The number of halogens is 1.